The molecule has 0 fully saturated rings. The predicted molar refractivity (Wildman–Crippen MR) is 150 cm³/mol. The number of rotatable bonds is 10. The third kappa shape index (κ3) is 11.9. The molecule has 206 valence electrons. The topological polar surface area (TPSA) is 52.6 Å². The van der Waals surface area contributed by atoms with Gasteiger partial charge in [0, 0.05) is 0 Å². The van der Waals surface area contributed by atoms with Crippen molar-refractivity contribution >= 4 is 11.9 Å². The summed E-state index contributed by atoms with van der Waals surface area (Å²) < 4.78 is 12.0. The number of benzene rings is 1. The zero-order chi connectivity index (χ0) is 28.4. The van der Waals surface area contributed by atoms with E-state index in [1.807, 2.05) is 27.7 Å². The molecule has 0 atom stereocenters. The third-order valence-corrected chi connectivity index (χ3v) is 5.93. The number of hydrogen-bond donors (Lipinski definition) is 0. The van der Waals surface area contributed by atoms with Crippen LogP contribution < -0.4 is 0 Å². The summed E-state index contributed by atoms with van der Waals surface area (Å²) in [6, 6.07) is 6.79. The quantitative estimate of drug-likeness (QED) is 0.299. The first-order valence-corrected chi connectivity index (χ1v) is 13.4. The third-order valence-electron chi connectivity index (χ3n) is 5.93. The van der Waals surface area contributed by atoms with Crippen LogP contribution in [-0.2, 0) is 9.47 Å². The second kappa shape index (κ2) is 10.9. The van der Waals surface area contributed by atoms with Crippen LogP contribution in [0.5, 0.6) is 0 Å². The van der Waals surface area contributed by atoms with Gasteiger partial charge < -0.3 is 9.47 Å². The van der Waals surface area contributed by atoms with E-state index in [2.05, 4.69) is 69.2 Å². The number of ether oxygens (including phenoxy) is 2. The summed E-state index contributed by atoms with van der Waals surface area (Å²) in [4.78, 5) is 26.6. The van der Waals surface area contributed by atoms with Gasteiger partial charge in [0.2, 0.25) is 0 Å². The van der Waals surface area contributed by atoms with E-state index >= 15 is 0 Å². The Morgan fingerprint density at radius 1 is 0.528 bits per heavy atom. The van der Waals surface area contributed by atoms with Crippen molar-refractivity contribution < 1.29 is 19.1 Å². The first kappa shape index (κ1) is 32.2. The molecule has 1 aromatic carbocycles. The van der Waals surface area contributed by atoms with Crippen molar-refractivity contribution in [1.82, 2.24) is 0 Å². The molecule has 0 amide bonds. The maximum Gasteiger partial charge on any atom is 0.339 e. The molecule has 0 bridgehead atoms. The molecule has 1 rings (SSSR count). The molecule has 36 heavy (non-hydrogen) atoms. The van der Waals surface area contributed by atoms with E-state index in [0.29, 0.717) is 12.8 Å². The van der Waals surface area contributed by atoms with E-state index in [1.54, 1.807) is 24.3 Å². The average molecular weight is 503 g/mol. The minimum atomic E-state index is -0.681. The predicted octanol–water partition coefficient (Wildman–Crippen LogP) is 9.26. The Hall–Kier alpha value is -1.84. The smallest absolute Gasteiger partial charge is 0.339 e. The number of hydrogen-bond acceptors (Lipinski definition) is 4. The highest BCUT2D eigenvalue weighted by atomic mass is 16.6. The molecule has 0 spiro atoms. The van der Waals surface area contributed by atoms with E-state index in [1.165, 1.54) is 0 Å². The average Bonchev–Trinajstić information content (AvgIpc) is 2.53. The van der Waals surface area contributed by atoms with Crippen LogP contribution in [0, 0.1) is 21.7 Å². The minimum absolute atomic E-state index is 0.00956. The van der Waals surface area contributed by atoms with Gasteiger partial charge in [0.25, 0.3) is 0 Å². The monoisotopic (exact) mass is 502 g/mol. The molecule has 0 heterocycles. The maximum atomic E-state index is 13.3. The summed E-state index contributed by atoms with van der Waals surface area (Å²) in [6.45, 7) is 29.9. The summed E-state index contributed by atoms with van der Waals surface area (Å²) in [7, 11) is 0. The number of carbonyl (C=O) groups is 2. The van der Waals surface area contributed by atoms with Gasteiger partial charge in [-0.25, -0.2) is 9.59 Å². The standard InChI is InChI=1S/C32H54O4/c1-27(2,3)19-29(7,8)21-31(11,12)35-25(33)23-17-15-16-18-24(23)26(34)36-32(13,14)22-30(9,10)20-28(4,5)6/h15-18H,19-22H2,1-14H3. The van der Waals surface area contributed by atoms with E-state index < -0.39 is 23.1 Å². The lowest BCUT2D eigenvalue weighted by Gasteiger charge is -2.39. The van der Waals surface area contributed by atoms with Crippen LogP contribution in [0.2, 0.25) is 0 Å². The Bertz CT molecular complexity index is 830. The fourth-order valence-electron chi connectivity index (χ4n) is 6.82. The molecule has 0 aliphatic carbocycles. The molecule has 4 heteroatoms. The first-order chi connectivity index (χ1) is 15.8. The zero-order valence-electron chi connectivity index (χ0n) is 25.8. The molecule has 0 unspecified atom stereocenters. The van der Waals surface area contributed by atoms with Crippen LogP contribution in [0.1, 0.15) is 143 Å². The largest absolute Gasteiger partial charge is 0.456 e. The molecule has 1 aromatic rings. The van der Waals surface area contributed by atoms with E-state index in [4.69, 9.17) is 9.47 Å². The lowest BCUT2D eigenvalue weighted by Crippen LogP contribution is -2.37. The van der Waals surface area contributed by atoms with Crippen molar-refractivity contribution in [3.05, 3.63) is 35.4 Å². The first-order valence-electron chi connectivity index (χ1n) is 13.4. The summed E-state index contributed by atoms with van der Waals surface area (Å²) in [5.74, 6) is -0.991. The molecular weight excluding hydrogens is 448 g/mol. The number of carbonyl (C=O) groups excluding carboxylic acids is 2. The maximum absolute atomic E-state index is 13.3. The summed E-state index contributed by atoms with van der Waals surface area (Å²) in [6.07, 6.45) is 3.44. The van der Waals surface area contributed by atoms with Gasteiger partial charge in [-0.1, -0.05) is 81.4 Å². The molecule has 0 N–H and O–H groups in total. The van der Waals surface area contributed by atoms with Crippen molar-refractivity contribution in [1.29, 1.82) is 0 Å². The Labute approximate surface area is 221 Å². The second-order valence-electron chi connectivity index (χ2n) is 16.0. The molecule has 0 saturated heterocycles. The van der Waals surface area contributed by atoms with Crippen molar-refractivity contribution in [3.8, 4) is 0 Å². The van der Waals surface area contributed by atoms with Crippen LogP contribution >= 0.6 is 0 Å². The molecule has 4 nitrogen and oxygen atoms in total. The molecular formula is C32H54O4. The molecule has 0 radical (unpaired) electrons. The SMILES string of the molecule is CC(C)(C)CC(C)(C)CC(C)(C)OC(=O)c1ccccc1C(=O)OC(C)(C)CC(C)(C)CC(C)(C)C. The van der Waals surface area contributed by atoms with Gasteiger partial charge in [0.1, 0.15) is 11.2 Å². The number of esters is 2. The van der Waals surface area contributed by atoms with Gasteiger partial charge in [0.15, 0.2) is 0 Å². The molecule has 0 aliphatic rings. The summed E-state index contributed by atoms with van der Waals surface area (Å²) >= 11 is 0. The zero-order valence-corrected chi connectivity index (χ0v) is 25.8. The van der Waals surface area contributed by atoms with Crippen molar-refractivity contribution in [3.63, 3.8) is 0 Å². The van der Waals surface area contributed by atoms with E-state index in [-0.39, 0.29) is 32.8 Å². The fourth-order valence-corrected chi connectivity index (χ4v) is 6.82. The minimum Gasteiger partial charge on any atom is -0.456 e. The fraction of sp³-hybridized carbons (Fsp3) is 0.750. The normalized spacial score (nSPS) is 13.9. The summed E-state index contributed by atoms with van der Waals surface area (Å²) in [5, 5.41) is 0. The Morgan fingerprint density at radius 3 is 1.06 bits per heavy atom. The van der Waals surface area contributed by atoms with Crippen LogP contribution in [0.4, 0.5) is 0 Å². The van der Waals surface area contributed by atoms with Gasteiger partial charge in [0.05, 0.1) is 11.1 Å². The van der Waals surface area contributed by atoms with Gasteiger partial charge in [-0.15, -0.1) is 0 Å². The highest BCUT2D eigenvalue weighted by molar-refractivity contribution is 6.03. The van der Waals surface area contributed by atoms with E-state index in [0.717, 1.165) is 12.8 Å². The van der Waals surface area contributed by atoms with Crippen LogP contribution in [0.15, 0.2) is 24.3 Å². The Kier molecular flexibility index (Phi) is 9.72. The van der Waals surface area contributed by atoms with Crippen LogP contribution in [-0.4, -0.2) is 23.1 Å². The highest BCUT2D eigenvalue weighted by Crippen LogP contribution is 2.41. The van der Waals surface area contributed by atoms with Gasteiger partial charge >= 0.3 is 11.9 Å². The van der Waals surface area contributed by atoms with Crippen LogP contribution in [0.25, 0.3) is 0 Å². The van der Waals surface area contributed by atoms with Gasteiger partial charge in [-0.2, -0.15) is 0 Å². The second-order valence-corrected chi connectivity index (χ2v) is 16.0. The highest BCUT2D eigenvalue weighted by Gasteiger charge is 2.37. The molecule has 0 aliphatic heterocycles. The van der Waals surface area contributed by atoms with Crippen LogP contribution in [0.3, 0.4) is 0 Å². The molecule has 0 aromatic heterocycles. The van der Waals surface area contributed by atoms with Crippen molar-refractivity contribution in [2.24, 2.45) is 21.7 Å². The molecule has 0 saturated carbocycles. The van der Waals surface area contributed by atoms with E-state index in [9.17, 15) is 9.59 Å². The Morgan fingerprint density at radius 2 is 0.806 bits per heavy atom. The Balaban J connectivity index is 3.04. The lowest BCUT2D eigenvalue weighted by atomic mass is 9.71. The van der Waals surface area contributed by atoms with Gasteiger partial charge in [-0.05, 0) is 87.2 Å². The van der Waals surface area contributed by atoms with Crippen molar-refractivity contribution in [2.45, 2.75) is 134 Å². The van der Waals surface area contributed by atoms with Crippen molar-refractivity contribution in [2.75, 3.05) is 0 Å². The van der Waals surface area contributed by atoms with Gasteiger partial charge in [-0.3, -0.25) is 0 Å². The summed E-state index contributed by atoms with van der Waals surface area (Å²) in [5.41, 5.74) is -0.544. The lowest BCUT2D eigenvalue weighted by molar-refractivity contribution is -0.0293.